The van der Waals surface area contributed by atoms with Gasteiger partial charge in [-0.1, -0.05) is 18.2 Å². The van der Waals surface area contributed by atoms with Crippen LogP contribution >= 0.6 is 0 Å². The normalized spacial score (nSPS) is 16.9. The largest absolute Gasteiger partial charge is 0.450 e. The molecule has 0 radical (unpaired) electrons. The number of para-hydroxylation sites is 1. The Kier molecular flexibility index (Phi) is 5.77. The Morgan fingerprint density at radius 3 is 2.50 bits per heavy atom. The summed E-state index contributed by atoms with van der Waals surface area (Å²) in [4.78, 5) is 26.8. The van der Waals surface area contributed by atoms with Gasteiger partial charge in [0.2, 0.25) is 0 Å². The van der Waals surface area contributed by atoms with Gasteiger partial charge in [0.25, 0.3) is 5.91 Å². The smallest absolute Gasteiger partial charge is 0.410 e. The summed E-state index contributed by atoms with van der Waals surface area (Å²) in [7, 11) is 0. The van der Waals surface area contributed by atoms with E-state index < -0.39 is 0 Å². The maximum absolute atomic E-state index is 12.3. The Bertz CT molecular complexity index is 499. The molecule has 2 rings (SSSR count). The topological polar surface area (TPSA) is 63.1 Å². The number of quaternary nitrogens is 1. The Hall–Kier alpha value is -2.08. The predicted molar refractivity (Wildman–Crippen MR) is 83.8 cm³/mol. The molecule has 1 aromatic carbocycles. The molecule has 0 unspecified atom stereocenters. The highest BCUT2D eigenvalue weighted by molar-refractivity contribution is 5.93. The number of nitrogens with zero attached hydrogens (tertiary/aromatic N) is 1. The fourth-order valence-electron chi connectivity index (χ4n) is 2.58. The molecule has 1 aromatic rings. The highest BCUT2D eigenvalue weighted by Gasteiger charge is 2.31. The second-order valence-corrected chi connectivity index (χ2v) is 5.42. The zero-order chi connectivity index (χ0) is 15.9. The molecule has 1 fully saturated rings. The van der Waals surface area contributed by atoms with Crippen LogP contribution in [-0.2, 0) is 9.53 Å². The summed E-state index contributed by atoms with van der Waals surface area (Å²) in [5, 5.41) is 2.93. The number of hydrogen-bond acceptors (Lipinski definition) is 3. The van der Waals surface area contributed by atoms with Gasteiger partial charge < -0.3 is 15.0 Å². The summed E-state index contributed by atoms with van der Waals surface area (Å²) >= 11 is 0. The molecule has 2 N–H and O–H groups in total. The molecule has 1 aliphatic heterocycles. The molecule has 6 heteroatoms. The molecule has 1 atom stereocenters. The number of carbonyl (C=O) groups excluding carboxylic acids is 2. The van der Waals surface area contributed by atoms with E-state index in [1.807, 2.05) is 37.3 Å². The monoisotopic (exact) mass is 306 g/mol. The van der Waals surface area contributed by atoms with Crippen LogP contribution in [0.1, 0.15) is 13.8 Å². The molecular formula is C16H24N3O3+. The number of amides is 2. The quantitative estimate of drug-likeness (QED) is 0.845. The van der Waals surface area contributed by atoms with E-state index in [0.717, 1.165) is 18.8 Å². The molecule has 0 aromatic heterocycles. The first kappa shape index (κ1) is 16.3. The fraction of sp³-hybridized carbons (Fsp3) is 0.500. The first-order chi connectivity index (χ1) is 10.6. The van der Waals surface area contributed by atoms with E-state index in [0.29, 0.717) is 19.7 Å². The molecular weight excluding hydrogens is 282 g/mol. The lowest BCUT2D eigenvalue weighted by atomic mass is 10.2. The van der Waals surface area contributed by atoms with Crippen molar-refractivity contribution in [3.8, 4) is 0 Å². The van der Waals surface area contributed by atoms with Crippen LogP contribution in [0.25, 0.3) is 0 Å². The molecule has 6 nitrogen and oxygen atoms in total. The van der Waals surface area contributed by atoms with Crippen molar-refractivity contribution in [3.63, 3.8) is 0 Å². The summed E-state index contributed by atoms with van der Waals surface area (Å²) in [6.07, 6.45) is -0.261. The van der Waals surface area contributed by atoms with Crippen LogP contribution in [0.15, 0.2) is 30.3 Å². The van der Waals surface area contributed by atoms with Crippen molar-refractivity contribution >= 4 is 17.7 Å². The van der Waals surface area contributed by atoms with Gasteiger partial charge in [0, 0.05) is 5.69 Å². The van der Waals surface area contributed by atoms with Crippen molar-refractivity contribution in [2.75, 3.05) is 38.1 Å². The van der Waals surface area contributed by atoms with Gasteiger partial charge in [-0.25, -0.2) is 4.79 Å². The number of rotatable bonds is 4. The Morgan fingerprint density at radius 2 is 1.91 bits per heavy atom. The molecule has 0 spiro atoms. The number of piperazine rings is 1. The highest BCUT2D eigenvalue weighted by atomic mass is 16.6. The molecule has 22 heavy (non-hydrogen) atoms. The number of nitrogens with one attached hydrogen (secondary N) is 2. The second kappa shape index (κ2) is 7.79. The lowest BCUT2D eigenvalue weighted by Crippen LogP contribution is -3.19. The van der Waals surface area contributed by atoms with Crippen LogP contribution < -0.4 is 10.2 Å². The first-order valence-corrected chi connectivity index (χ1v) is 7.74. The average Bonchev–Trinajstić information content (AvgIpc) is 2.55. The van der Waals surface area contributed by atoms with Crippen molar-refractivity contribution in [1.82, 2.24) is 4.90 Å². The summed E-state index contributed by atoms with van der Waals surface area (Å²) in [6, 6.07) is 9.30. The minimum Gasteiger partial charge on any atom is -0.450 e. The molecule has 2 amide bonds. The third-order valence-corrected chi connectivity index (χ3v) is 3.98. The summed E-state index contributed by atoms with van der Waals surface area (Å²) in [6.45, 7) is 6.86. The highest BCUT2D eigenvalue weighted by Crippen LogP contribution is 2.05. The van der Waals surface area contributed by atoms with Gasteiger partial charge in [0.15, 0.2) is 6.04 Å². The Labute approximate surface area is 131 Å². The van der Waals surface area contributed by atoms with Gasteiger partial charge in [0.05, 0.1) is 32.8 Å². The van der Waals surface area contributed by atoms with Crippen molar-refractivity contribution in [3.05, 3.63) is 30.3 Å². The van der Waals surface area contributed by atoms with Crippen LogP contribution in [-0.4, -0.2) is 55.7 Å². The lowest BCUT2D eigenvalue weighted by Gasteiger charge is -2.34. The van der Waals surface area contributed by atoms with E-state index in [-0.39, 0.29) is 18.0 Å². The number of hydrogen-bond donors (Lipinski definition) is 2. The van der Waals surface area contributed by atoms with Gasteiger partial charge in [0.1, 0.15) is 0 Å². The average molecular weight is 306 g/mol. The second-order valence-electron chi connectivity index (χ2n) is 5.42. The van der Waals surface area contributed by atoms with E-state index in [1.165, 1.54) is 4.90 Å². The number of anilines is 1. The number of carbonyl (C=O) groups is 2. The van der Waals surface area contributed by atoms with Crippen molar-refractivity contribution in [2.45, 2.75) is 19.9 Å². The maximum Gasteiger partial charge on any atom is 0.410 e. The maximum atomic E-state index is 12.3. The van der Waals surface area contributed by atoms with E-state index >= 15 is 0 Å². The van der Waals surface area contributed by atoms with Crippen LogP contribution in [0.2, 0.25) is 0 Å². The minimum atomic E-state index is -0.261. The van der Waals surface area contributed by atoms with Gasteiger partial charge in [-0.05, 0) is 26.0 Å². The Balaban J connectivity index is 1.83. The first-order valence-electron chi connectivity index (χ1n) is 7.74. The molecule has 0 aliphatic carbocycles. The van der Waals surface area contributed by atoms with E-state index in [9.17, 15) is 9.59 Å². The summed E-state index contributed by atoms with van der Waals surface area (Å²) in [5.41, 5.74) is 0.809. The van der Waals surface area contributed by atoms with Crippen LogP contribution in [0.3, 0.4) is 0 Å². The molecule has 0 saturated carbocycles. The van der Waals surface area contributed by atoms with Crippen LogP contribution in [0.5, 0.6) is 0 Å². The van der Waals surface area contributed by atoms with Crippen molar-refractivity contribution in [2.24, 2.45) is 0 Å². The van der Waals surface area contributed by atoms with Crippen LogP contribution in [0.4, 0.5) is 10.5 Å². The molecule has 1 aliphatic rings. The third-order valence-electron chi connectivity index (χ3n) is 3.98. The number of benzene rings is 1. The molecule has 1 heterocycles. The SMILES string of the molecule is CCOC(=O)N1CC[NH+]([C@H](C)C(=O)Nc2ccccc2)CC1. The van der Waals surface area contributed by atoms with E-state index in [4.69, 9.17) is 4.74 Å². The van der Waals surface area contributed by atoms with Crippen LogP contribution in [0, 0.1) is 0 Å². The van der Waals surface area contributed by atoms with Gasteiger partial charge in [-0.15, -0.1) is 0 Å². The standard InChI is InChI=1S/C16H23N3O3/c1-3-22-16(21)19-11-9-18(10-12-19)13(2)15(20)17-14-7-5-4-6-8-14/h4-8,13H,3,9-12H2,1-2H3,(H,17,20)/p+1/t13-/m1/s1. The van der Waals surface area contributed by atoms with E-state index in [2.05, 4.69) is 5.32 Å². The van der Waals surface area contributed by atoms with Gasteiger partial charge in [-0.3, -0.25) is 9.69 Å². The molecule has 0 bridgehead atoms. The van der Waals surface area contributed by atoms with Crippen molar-refractivity contribution < 1.29 is 19.2 Å². The predicted octanol–water partition coefficient (Wildman–Crippen LogP) is 0.371. The fourth-order valence-corrected chi connectivity index (χ4v) is 2.58. The third kappa shape index (κ3) is 4.21. The summed E-state index contributed by atoms with van der Waals surface area (Å²) in [5.74, 6) is 0.00536. The summed E-state index contributed by atoms with van der Waals surface area (Å²) < 4.78 is 5.00. The minimum absolute atomic E-state index is 0.00536. The number of ether oxygens (including phenoxy) is 1. The molecule has 1 saturated heterocycles. The molecule has 120 valence electrons. The van der Waals surface area contributed by atoms with Gasteiger partial charge in [-0.2, -0.15) is 0 Å². The zero-order valence-corrected chi connectivity index (χ0v) is 13.2. The lowest BCUT2D eigenvalue weighted by molar-refractivity contribution is -0.917. The van der Waals surface area contributed by atoms with Gasteiger partial charge >= 0.3 is 6.09 Å². The van der Waals surface area contributed by atoms with E-state index in [1.54, 1.807) is 11.8 Å². The van der Waals surface area contributed by atoms with Crippen molar-refractivity contribution in [1.29, 1.82) is 0 Å². The zero-order valence-electron chi connectivity index (χ0n) is 13.2. The Morgan fingerprint density at radius 1 is 1.27 bits per heavy atom.